The van der Waals surface area contributed by atoms with Gasteiger partial charge in [-0.3, -0.25) is 20.1 Å². The molecule has 1 saturated heterocycles. The minimum Gasteiger partial charge on any atom is -0.491 e. The average Bonchev–Trinajstić information content (AvgIpc) is 2.75. The van der Waals surface area contributed by atoms with E-state index in [1.807, 2.05) is 4.90 Å². The van der Waals surface area contributed by atoms with E-state index in [2.05, 4.69) is 10.4 Å². The standard InChI is InChI=1S/C20H21ClF4N4O3/c21-16-3-2-15(9-17(16)22)32-12-14(30)11-28-5-7-29(8-6-28)27-19(31)18-4-1-13(10-26-18)20(23,24)25/h1-4,9-10,14,30H,5-8,11-12H2,(H,27,31)/t14-/m0/s1. The quantitative estimate of drug-likeness (QED) is 0.598. The van der Waals surface area contributed by atoms with E-state index in [0.717, 1.165) is 18.2 Å². The summed E-state index contributed by atoms with van der Waals surface area (Å²) in [6.45, 7) is 2.25. The maximum Gasteiger partial charge on any atom is 0.417 e. The smallest absolute Gasteiger partial charge is 0.417 e. The molecule has 2 N–H and O–H groups in total. The Bertz CT molecular complexity index is 922. The van der Waals surface area contributed by atoms with Crippen LogP contribution in [0.1, 0.15) is 16.1 Å². The highest BCUT2D eigenvalue weighted by molar-refractivity contribution is 6.30. The highest BCUT2D eigenvalue weighted by Gasteiger charge is 2.31. The molecule has 1 aliphatic rings. The normalized spacial score (nSPS) is 16.6. The zero-order valence-electron chi connectivity index (χ0n) is 16.8. The second-order valence-electron chi connectivity index (χ2n) is 7.20. The first-order chi connectivity index (χ1) is 15.1. The van der Waals surface area contributed by atoms with Crippen molar-refractivity contribution in [3.05, 3.63) is 58.6 Å². The SMILES string of the molecule is O=C(NN1CCN(C[C@H](O)COc2ccc(Cl)c(F)c2)CC1)c1ccc(C(F)(F)F)cn1. The fraction of sp³-hybridized carbons (Fsp3) is 0.400. The van der Waals surface area contributed by atoms with Gasteiger partial charge >= 0.3 is 6.18 Å². The van der Waals surface area contributed by atoms with E-state index >= 15 is 0 Å². The Morgan fingerprint density at radius 2 is 1.94 bits per heavy atom. The van der Waals surface area contributed by atoms with Crippen molar-refractivity contribution in [1.29, 1.82) is 0 Å². The minimum atomic E-state index is -4.51. The largest absolute Gasteiger partial charge is 0.491 e. The van der Waals surface area contributed by atoms with Crippen molar-refractivity contribution < 1.29 is 32.2 Å². The molecule has 32 heavy (non-hydrogen) atoms. The number of benzene rings is 1. The number of halogens is 5. The van der Waals surface area contributed by atoms with Gasteiger partial charge in [0.05, 0.1) is 10.6 Å². The number of alkyl halides is 3. The molecule has 0 radical (unpaired) electrons. The summed E-state index contributed by atoms with van der Waals surface area (Å²) in [5, 5.41) is 11.8. The van der Waals surface area contributed by atoms with Gasteiger partial charge in [-0.2, -0.15) is 13.2 Å². The van der Waals surface area contributed by atoms with Gasteiger partial charge < -0.3 is 9.84 Å². The Labute approximate surface area is 186 Å². The maximum atomic E-state index is 13.4. The van der Waals surface area contributed by atoms with Crippen molar-refractivity contribution in [3.8, 4) is 5.75 Å². The lowest BCUT2D eigenvalue weighted by Gasteiger charge is -2.35. The van der Waals surface area contributed by atoms with E-state index < -0.39 is 29.6 Å². The molecular weight excluding hydrogens is 456 g/mol. The van der Waals surface area contributed by atoms with Crippen LogP contribution in [0.4, 0.5) is 17.6 Å². The van der Waals surface area contributed by atoms with Crippen LogP contribution < -0.4 is 10.2 Å². The van der Waals surface area contributed by atoms with Gasteiger partial charge in [0.15, 0.2) is 0 Å². The molecule has 1 amide bonds. The summed E-state index contributed by atoms with van der Waals surface area (Å²) in [5.74, 6) is -0.950. The first-order valence-corrected chi connectivity index (χ1v) is 10.1. The van der Waals surface area contributed by atoms with Crippen LogP contribution in [0.2, 0.25) is 5.02 Å². The molecule has 3 rings (SSSR count). The van der Waals surface area contributed by atoms with Crippen molar-refractivity contribution in [1.82, 2.24) is 20.3 Å². The second-order valence-corrected chi connectivity index (χ2v) is 7.61. The topological polar surface area (TPSA) is 77.9 Å². The number of carbonyl (C=O) groups excluding carboxylic acids is 1. The molecule has 1 aliphatic heterocycles. The Morgan fingerprint density at radius 3 is 2.53 bits per heavy atom. The molecule has 2 heterocycles. The Kier molecular flexibility index (Phi) is 7.88. The predicted molar refractivity (Wildman–Crippen MR) is 108 cm³/mol. The Hall–Kier alpha value is -2.47. The number of hydrogen-bond donors (Lipinski definition) is 2. The fourth-order valence-corrected chi connectivity index (χ4v) is 3.17. The number of ether oxygens (including phenoxy) is 1. The predicted octanol–water partition coefficient (Wildman–Crippen LogP) is 2.60. The van der Waals surface area contributed by atoms with Crippen LogP contribution in [0.25, 0.3) is 0 Å². The second kappa shape index (κ2) is 10.4. The van der Waals surface area contributed by atoms with Crippen LogP contribution in [-0.2, 0) is 6.18 Å². The molecule has 174 valence electrons. The van der Waals surface area contributed by atoms with E-state index in [4.69, 9.17) is 16.3 Å². The number of aliphatic hydroxyl groups is 1. The van der Waals surface area contributed by atoms with Crippen molar-refractivity contribution in [2.75, 3.05) is 39.3 Å². The van der Waals surface area contributed by atoms with Crippen molar-refractivity contribution >= 4 is 17.5 Å². The first-order valence-electron chi connectivity index (χ1n) is 9.69. The molecule has 1 fully saturated rings. The lowest BCUT2D eigenvalue weighted by Crippen LogP contribution is -2.55. The fourth-order valence-electron chi connectivity index (χ4n) is 3.05. The summed E-state index contributed by atoms with van der Waals surface area (Å²) in [6, 6.07) is 5.85. The van der Waals surface area contributed by atoms with Gasteiger partial charge in [0, 0.05) is 45.0 Å². The number of amides is 1. The average molecular weight is 477 g/mol. The highest BCUT2D eigenvalue weighted by Crippen LogP contribution is 2.28. The van der Waals surface area contributed by atoms with Gasteiger partial charge in [0.2, 0.25) is 0 Å². The van der Waals surface area contributed by atoms with Crippen LogP contribution in [-0.4, -0.2) is 71.3 Å². The number of carbonyl (C=O) groups is 1. The molecule has 0 unspecified atom stereocenters. The Morgan fingerprint density at radius 1 is 1.22 bits per heavy atom. The molecule has 1 aromatic heterocycles. The number of aromatic nitrogens is 1. The third kappa shape index (κ3) is 6.76. The molecule has 0 saturated carbocycles. The number of aliphatic hydroxyl groups excluding tert-OH is 1. The van der Waals surface area contributed by atoms with Crippen molar-refractivity contribution in [3.63, 3.8) is 0 Å². The zero-order chi connectivity index (χ0) is 23.3. The summed E-state index contributed by atoms with van der Waals surface area (Å²) in [5.41, 5.74) is 1.57. The Balaban J connectivity index is 1.39. The van der Waals surface area contributed by atoms with E-state index in [9.17, 15) is 27.5 Å². The number of hydrazine groups is 1. The molecule has 1 atom stereocenters. The molecule has 7 nitrogen and oxygen atoms in total. The molecular formula is C20H21ClF4N4O3. The number of β-amino-alcohol motifs (C(OH)–C–C–N with tert-alkyl or cyclic N) is 1. The summed E-state index contributed by atoms with van der Waals surface area (Å²) in [7, 11) is 0. The maximum absolute atomic E-state index is 13.4. The van der Waals surface area contributed by atoms with E-state index in [1.165, 1.54) is 12.1 Å². The van der Waals surface area contributed by atoms with E-state index in [0.29, 0.717) is 38.9 Å². The molecule has 1 aromatic carbocycles. The summed E-state index contributed by atoms with van der Waals surface area (Å²) < 4.78 is 56.5. The first kappa shape index (κ1) is 24.2. The van der Waals surface area contributed by atoms with Gasteiger partial charge in [-0.1, -0.05) is 11.6 Å². The number of rotatable bonds is 7. The van der Waals surface area contributed by atoms with Crippen molar-refractivity contribution in [2.24, 2.45) is 0 Å². The van der Waals surface area contributed by atoms with Gasteiger partial charge in [-0.05, 0) is 24.3 Å². The van der Waals surface area contributed by atoms with Crippen LogP contribution in [0, 0.1) is 5.82 Å². The van der Waals surface area contributed by atoms with Crippen LogP contribution >= 0.6 is 11.6 Å². The number of hydrogen-bond acceptors (Lipinski definition) is 6. The number of piperazine rings is 1. The van der Waals surface area contributed by atoms with Crippen LogP contribution in [0.3, 0.4) is 0 Å². The lowest BCUT2D eigenvalue weighted by molar-refractivity contribution is -0.137. The van der Waals surface area contributed by atoms with E-state index in [-0.39, 0.29) is 23.1 Å². The minimum absolute atomic E-state index is 0.0167. The zero-order valence-corrected chi connectivity index (χ0v) is 17.5. The van der Waals surface area contributed by atoms with Crippen LogP contribution in [0.15, 0.2) is 36.5 Å². The third-order valence-corrected chi connectivity index (χ3v) is 5.06. The number of nitrogens with zero attached hydrogens (tertiary/aromatic N) is 3. The summed E-state index contributed by atoms with van der Waals surface area (Å²) in [4.78, 5) is 17.7. The number of pyridine rings is 1. The van der Waals surface area contributed by atoms with E-state index in [1.54, 1.807) is 5.01 Å². The van der Waals surface area contributed by atoms with Gasteiger partial charge in [0.1, 0.15) is 30.0 Å². The molecule has 12 heteroatoms. The summed E-state index contributed by atoms with van der Waals surface area (Å²) in [6.07, 6.45) is -4.71. The van der Waals surface area contributed by atoms with Gasteiger partial charge in [0.25, 0.3) is 5.91 Å². The highest BCUT2D eigenvalue weighted by atomic mass is 35.5. The molecule has 0 spiro atoms. The van der Waals surface area contributed by atoms with Crippen molar-refractivity contribution in [2.45, 2.75) is 12.3 Å². The third-order valence-electron chi connectivity index (χ3n) is 4.76. The summed E-state index contributed by atoms with van der Waals surface area (Å²) >= 11 is 5.61. The molecule has 0 aliphatic carbocycles. The van der Waals surface area contributed by atoms with Crippen LogP contribution in [0.5, 0.6) is 5.75 Å². The lowest BCUT2D eigenvalue weighted by atomic mass is 10.2. The molecule has 0 bridgehead atoms. The van der Waals surface area contributed by atoms with Gasteiger partial charge in [-0.25, -0.2) is 9.40 Å². The monoisotopic (exact) mass is 476 g/mol. The van der Waals surface area contributed by atoms with Gasteiger partial charge in [-0.15, -0.1) is 0 Å². The molecule has 2 aromatic rings. The number of nitrogens with one attached hydrogen (secondary N) is 1.